The number of anilines is 1. The second-order valence-electron chi connectivity index (χ2n) is 6.62. The Labute approximate surface area is 143 Å². The van der Waals surface area contributed by atoms with Gasteiger partial charge in [0.1, 0.15) is 5.52 Å². The Morgan fingerprint density at radius 3 is 2.71 bits per heavy atom. The number of para-hydroxylation sites is 1. The molecule has 1 aliphatic carbocycles. The molecule has 2 aromatic carbocycles. The van der Waals surface area contributed by atoms with Crippen LogP contribution in [0.4, 0.5) is 5.69 Å². The zero-order chi connectivity index (χ0) is 16.4. The predicted molar refractivity (Wildman–Crippen MR) is 99.4 cm³/mol. The molecule has 0 aliphatic heterocycles. The second kappa shape index (κ2) is 6.68. The van der Waals surface area contributed by atoms with Gasteiger partial charge >= 0.3 is 0 Å². The molecule has 24 heavy (non-hydrogen) atoms. The molecule has 0 atom stereocenters. The standard InChI is InChI=1S/C21H24N2O/c1-2-22-18-13-8-14-19-20(18)23-21(24-19)17-12-7-6-11-16(17)15-9-4-3-5-10-15/h6-8,11-15,22H,2-5,9-10H2,1H3. The second-order valence-corrected chi connectivity index (χ2v) is 6.62. The third-order valence-corrected chi connectivity index (χ3v) is 5.02. The first kappa shape index (κ1) is 15.3. The number of hydrogen-bond acceptors (Lipinski definition) is 3. The van der Waals surface area contributed by atoms with Gasteiger partial charge in [-0.2, -0.15) is 0 Å². The van der Waals surface area contributed by atoms with Crippen LogP contribution in [0.2, 0.25) is 0 Å². The molecule has 1 heterocycles. The Bertz CT molecular complexity index is 831. The highest BCUT2D eigenvalue weighted by Gasteiger charge is 2.21. The number of hydrogen-bond donors (Lipinski definition) is 1. The molecule has 1 aliphatic rings. The zero-order valence-corrected chi connectivity index (χ0v) is 14.2. The van der Waals surface area contributed by atoms with Crippen LogP contribution in [0, 0.1) is 0 Å². The highest BCUT2D eigenvalue weighted by atomic mass is 16.3. The molecule has 0 amide bonds. The molecule has 3 heteroatoms. The molecular weight excluding hydrogens is 296 g/mol. The smallest absolute Gasteiger partial charge is 0.227 e. The quantitative estimate of drug-likeness (QED) is 0.643. The monoisotopic (exact) mass is 320 g/mol. The van der Waals surface area contributed by atoms with Crippen LogP contribution in [0.5, 0.6) is 0 Å². The van der Waals surface area contributed by atoms with Crippen LogP contribution in [-0.2, 0) is 0 Å². The summed E-state index contributed by atoms with van der Waals surface area (Å²) in [6, 6.07) is 14.7. The molecule has 1 fully saturated rings. The van der Waals surface area contributed by atoms with Crippen molar-refractivity contribution >= 4 is 16.8 Å². The molecule has 3 aromatic rings. The van der Waals surface area contributed by atoms with Gasteiger partial charge < -0.3 is 9.73 Å². The zero-order valence-electron chi connectivity index (χ0n) is 14.2. The van der Waals surface area contributed by atoms with Crippen LogP contribution in [0.15, 0.2) is 46.9 Å². The summed E-state index contributed by atoms with van der Waals surface area (Å²) in [6.07, 6.45) is 6.58. The van der Waals surface area contributed by atoms with E-state index in [1.165, 1.54) is 37.7 Å². The molecule has 124 valence electrons. The van der Waals surface area contributed by atoms with Crippen LogP contribution in [0.25, 0.3) is 22.6 Å². The first-order valence-corrected chi connectivity index (χ1v) is 9.09. The Kier molecular flexibility index (Phi) is 4.24. The Balaban J connectivity index is 1.79. The summed E-state index contributed by atoms with van der Waals surface area (Å²) < 4.78 is 6.12. The van der Waals surface area contributed by atoms with Crippen LogP contribution in [0.1, 0.15) is 50.5 Å². The molecule has 0 radical (unpaired) electrons. The number of nitrogens with zero attached hydrogens (tertiary/aromatic N) is 1. The van der Waals surface area contributed by atoms with Gasteiger partial charge in [0.15, 0.2) is 5.58 Å². The van der Waals surface area contributed by atoms with Gasteiger partial charge in [0, 0.05) is 12.1 Å². The van der Waals surface area contributed by atoms with Crippen molar-refractivity contribution in [3.63, 3.8) is 0 Å². The van der Waals surface area contributed by atoms with Crippen molar-refractivity contribution in [3.8, 4) is 11.5 Å². The van der Waals surface area contributed by atoms with E-state index >= 15 is 0 Å². The SMILES string of the molecule is CCNc1cccc2oc(-c3ccccc3C3CCCCC3)nc12. The molecule has 0 spiro atoms. The minimum atomic E-state index is 0.637. The molecule has 0 bridgehead atoms. The van der Waals surface area contributed by atoms with Gasteiger partial charge in [0.2, 0.25) is 5.89 Å². The van der Waals surface area contributed by atoms with Gasteiger partial charge in [-0.05, 0) is 49.4 Å². The minimum Gasteiger partial charge on any atom is -0.436 e. The molecule has 0 unspecified atom stereocenters. The van der Waals surface area contributed by atoms with Gasteiger partial charge in [0.05, 0.1) is 5.69 Å². The number of fused-ring (bicyclic) bond motifs is 1. The number of rotatable bonds is 4. The van der Waals surface area contributed by atoms with Crippen LogP contribution in [-0.4, -0.2) is 11.5 Å². The molecule has 1 aromatic heterocycles. The summed E-state index contributed by atoms with van der Waals surface area (Å²) >= 11 is 0. The third-order valence-electron chi connectivity index (χ3n) is 5.02. The van der Waals surface area contributed by atoms with E-state index in [-0.39, 0.29) is 0 Å². The normalized spacial score (nSPS) is 15.7. The van der Waals surface area contributed by atoms with E-state index in [0.717, 1.165) is 34.8 Å². The van der Waals surface area contributed by atoms with Crippen LogP contribution in [0.3, 0.4) is 0 Å². The maximum atomic E-state index is 6.12. The largest absolute Gasteiger partial charge is 0.436 e. The Morgan fingerprint density at radius 1 is 1.04 bits per heavy atom. The first-order chi connectivity index (χ1) is 11.9. The molecule has 1 saturated carbocycles. The van der Waals surface area contributed by atoms with Crippen molar-refractivity contribution in [1.82, 2.24) is 4.98 Å². The number of aromatic nitrogens is 1. The van der Waals surface area contributed by atoms with E-state index in [2.05, 4.69) is 42.6 Å². The van der Waals surface area contributed by atoms with Crippen LogP contribution < -0.4 is 5.32 Å². The topological polar surface area (TPSA) is 38.1 Å². The van der Waals surface area contributed by atoms with Crippen molar-refractivity contribution in [2.75, 3.05) is 11.9 Å². The van der Waals surface area contributed by atoms with Crippen molar-refractivity contribution in [1.29, 1.82) is 0 Å². The number of nitrogens with one attached hydrogen (secondary N) is 1. The lowest BCUT2D eigenvalue weighted by Crippen LogP contribution is -2.05. The van der Waals surface area contributed by atoms with E-state index in [1.807, 2.05) is 12.1 Å². The lowest BCUT2D eigenvalue weighted by Gasteiger charge is -2.23. The van der Waals surface area contributed by atoms with Gasteiger partial charge in [-0.15, -0.1) is 0 Å². The molecular formula is C21H24N2O. The maximum Gasteiger partial charge on any atom is 0.227 e. The highest BCUT2D eigenvalue weighted by Crippen LogP contribution is 2.39. The van der Waals surface area contributed by atoms with Crippen molar-refractivity contribution in [2.45, 2.75) is 44.9 Å². The summed E-state index contributed by atoms with van der Waals surface area (Å²) in [5.74, 6) is 1.38. The summed E-state index contributed by atoms with van der Waals surface area (Å²) in [4.78, 5) is 4.83. The van der Waals surface area contributed by atoms with Gasteiger partial charge in [-0.25, -0.2) is 4.98 Å². The third kappa shape index (κ3) is 2.79. The van der Waals surface area contributed by atoms with E-state index in [0.29, 0.717) is 5.92 Å². The maximum absolute atomic E-state index is 6.12. The van der Waals surface area contributed by atoms with Crippen molar-refractivity contribution < 1.29 is 4.42 Å². The fourth-order valence-corrected chi connectivity index (χ4v) is 3.86. The van der Waals surface area contributed by atoms with Gasteiger partial charge in [-0.3, -0.25) is 0 Å². The Hall–Kier alpha value is -2.29. The average Bonchev–Trinajstić information content (AvgIpc) is 3.08. The predicted octanol–water partition coefficient (Wildman–Crippen LogP) is 5.97. The molecule has 3 nitrogen and oxygen atoms in total. The van der Waals surface area contributed by atoms with E-state index in [4.69, 9.17) is 9.40 Å². The van der Waals surface area contributed by atoms with E-state index in [9.17, 15) is 0 Å². The fourth-order valence-electron chi connectivity index (χ4n) is 3.86. The summed E-state index contributed by atoms with van der Waals surface area (Å²) in [5.41, 5.74) is 5.37. The minimum absolute atomic E-state index is 0.637. The average molecular weight is 320 g/mol. The first-order valence-electron chi connectivity index (χ1n) is 9.09. The lowest BCUT2D eigenvalue weighted by molar-refractivity contribution is 0.443. The van der Waals surface area contributed by atoms with Gasteiger partial charge in [0.25, 0.3) is 0 Å². The lowest BCUT2D eigenvalue weighted by atomic mass is 9.82. The number of oxazole rings is 1. The molecule has 0 saturated heterocycles. The summed E-state index contributed by atoms with van der Waals surface area (Å²) in [6.45, 7) is 2.97. The van der Waals surface area contributed by atoms with Crippen molar-refractivity contribution in [2.24, 2.45) is 0 Å². The fraction of sp³-hybridized carbons (Fsp3) is 0.381. The molecule has 1 N–H and O–H groups in total. The highest BCUT2D eigenvalue weighted by molar-refractivity contribution is 5.88. The number of benzene rings is 2. The van der Waals surface area contributed by atoms with E-state index in [1.54, 1.807) is 0 Å². The summed E-state index contributed by atoms with van der Waals surface area (Å²) in [5, 5.41) is 3.37. The Morgan fingerprint density at radius 2 is 1.88 bits per heavy atom. The molecule has 4 rings (SSSR count). The van der Waals surface area contributed by atoms with Gasteiger partial charge in [-0.1, -0.05) is 43.5 Å². The van der Waals surface area contributed by atoms with Crippen molar-refractivity contribution in [3.05, 3.63) is 48.0 Å². The summed E-state index contributed by atoms with van der Waals surface area (Å²) in [7, 11) is 0. The van der Waals surface area contributed by atoms with E-state index < -0.39 is 0 Å². The van der Waals surface area contributed by atoms with Crippen LogP contribution >= 0.6 is 0 Å².